The molecule has 102 valence electrons. The van der Waals surface area contributed by atoms with E-state index < -0.39 is 16.0 Å². The quantitative estimate of drug-likeness (QED) is 0.202. The van der Waals surface area contributed by atoms with Gasteiger partial charge in [0.1, 0.15) is 6.61 Å². The molecule has 7 nitrogen and oxygen atoms in total. The summed E-state index contributed by atoms with van der Waals surface area (Å²) in [6.45, 7) is 0.0513. The summed E-state index contributed by atoms with van der Waals surface area (Å²) in [4.78, 5) is 21.2. The van der Waals surface area contributed by atoms with E-state index in [1.165, 1.54) is 20.1 Å². The SMILES string of the molecule is COC(=O)C=CC(=C=O)OCCN(C)S(C)(=O)=O. The van der Waals surface area contributed by atoms with Crippen molar-refractivity contribution in [3.63, 3.8) is 0 Å². The van der Waals surface area contributed by atoms with Crippen molar-refractivity contribution in [3.05, 3.63) is 17.9 Å². The maximum absolute atomic E-state index is 11.0. The van der Waals surface area contributed by atoms with Gasteiger partial charge in [0, 0.05) is 19.7 Å². The van der Waals surface area contributed by atoms with Gasteiger partial charge in [-0.1, -0.05) is 0 Å². The molecule has 0 saturated carbocycles. The number of likely N-dealkylation sites (N-methyl/N-ethyl adjacent to an activating group) is 1. The van der Waals surface area contributed by atoms with Gasteiger partial charge in [0.15, 0.2) is 5.94 Å². The van der Waals surface area contributed by atoms with Crippen LogP contribution in [0.2, 0.25) is 0 Å². The van der Waals surface area contributed by atoms with Crippen LogP contribution in [-0.4, -0.2) is 58.2 Å². The first-order valence-corrected chi connectivity index (χ1v) is 6.71. The van der Waals surface area contributed by atoms with Crippen LogP contribution in [-0.2, 0) is 29.1 Å². The highest BCUT2D eigenvalue weighted by molar-refractivity contribution is 7.88. The summed E-state index contributed by atoms with van der Waals surface area (Å²) in [5, 5.41) is 0. The van der Waals surface area contributed by atoms with Crippen LogP contribution in [0.3, 0.4) is 0 Å². The van der Waals surface area contributed by atoms with Gasteiger partial charge in [-0.15, -0.1) is 0 Å². The lowest BCUT2D eigenvalue weighted by atomic mass is 10.4. The van der Waals surface area contributed by atoms with Gasteiger partial charge in [-0.05, 0) is 6.08 Å². The Balaban J connectivity index is 4.24. The maximum atomic E-state index is 11.0. The van der Waals surface area contributed by atoms with E-state index in [-0.39, 0.29) is 18.9 Å². The lowest BCUT2D eigenvalue weighted by Gasteiger charge is -2.13. The minimum atomic E-state index is -3.28. The molecule has 0 fully saturated rings. The lowest BCUT2D eigenvalue weighted by Crippen LogP contribution is -2.29. The summed E-state index contributed by atoms with van der Waals surface area (Å²) in [6.07, 6.45) is 3.15. The number of sulfonamides is 1. The van der Waals surface area contributed by atoms with Gasteiger partial charge in [0.25, 0.3) is 0 Å². The Bertz CT molecular complexity index is 461. The summed E-state index contributed by atoms with van der Waals surface area (Å²) in [6, 6.07) is 0. The van der Waals surface area contributed by atoms with Crippen LogP contribution in [0.25, 0.3) is 0 Å². The van der Waals surface area contributed by atoms with E-state index in [4.69, 9.17) is 4.74 Å². The second kappa shape index (κ2) is 7.65. The molecule has 0 spiro atoms. The van der Waals surface area contributed by atoms with Gasteiger partial charge in [-0.25, -0.2) is 22.3 Å². The summed E-state index contributed by atoms with van der Waals surface area (Å²) in [7, 11) is -0.708. The highest BCUT2D eigenvalue weighted by Gasteiger charge is 2.10. The smallest absolute Gasteiger partial charge is 0.330 e. The predicted molar refractivity (Wildman–Crippen MR) is 63.8 cm³/mol. The first-order valence-electron chi connectivity index (χ1n) is 4.86. The van der Waals surface area contributed by atoms with Gasteiger partial charge in [-0.2, -0.15) is 0 Å². The molecule has 8 heteroatoms. The van der Waals surface area contributed by atoms with Crippen molar-refractivity contribution < 1.29 is 27.5 Å². The molecule has 0 bridgehead atoms. The molecule has 0 saturated heterocycles. The fraction of sp³-hybridized carbons (Fsp3) is 0.500. The molecule has 0 unspecified atom stereocenters. The predicted octanol–water partition coefficient (Wildman–Crippen LogP) is -0.661. The van der Waals surface area contributed by atoms with Gasteiger partial charge in [0.05, 0.1) is 13.4 Å². The highest BCUT2D eigenvalue weighted by atomic mass is 32.2. The monoisotopic (exact) mass is 277 g/mol. The molecule has 0 aromatic heterocycles. The molecule has 0 heterocycles. The van der Waals surface area contributed by atoms with Crippen molar-refractivity contribution in [1.29, 1.82) is 0 Å². The van der Waals surface area contributed by atoms with Crippen LogP contribution in [0, 0.1) is 0 Å². The number of esters is 1. The molecule has 0 aromatic carbocycles. The zero-order valence-electron chi connectivity index (χ0n) is 10.4. The average Bonchev–Trinajstić information content (AvgIpc) is 2.31. The van der Waals surface area contributed by atoms with Crippen molar-refractivity contribution in [1.82, 2.24) is 4.31 Å². The van der Waals surface area contributed by atoms with E-state index in [1.54, 1.807) is 0 Å². The van der Waals surface area contributed by atoms with E-state index >= 15 is 0 Å². The Morgan fingerprint density at radius 2 is 2.00 bits per heavy atom. The summed E-state index contributed by atoms with van der Waals surface area (Å²) < 4.78 is 32.4. The number of hydrogen-bond acceptors (Lipinski definition) is 6. The number of nitrogens with zero attached hydrogens (tertiary/aromatic N) is 1. The lowest BCUT2D eigenvalue weighted by molar-refractivity contribution is -0.134. The summed E-state index contributed by atoms with van der Waals surface area (Å²) >= 11 is 0. The minimum absolute atomic E-state index is 0.0281. The fourth-order valence-corrected chi connectivity index (χ4v) is 1.18. The molecule has 0 aliphatic rings. The second-order valence-electron chi connectivity index (χ2n) is 3.26. The van der Waals surface area contributed by atoms with Crippen molar-refractivity contribution in [3.8, 4) is 0 Å². The first kappa shape index (κ1) is 16.4. The Morgan fingerprint density at radius 1 is 1.39 bits per heavy atom. The molecule has 0 rings (SSSR count). The molecule has 0 aliphatic carbocycles. The van der Waals surface area contributed by atoms with E-state index in [1.807, 2.05) is 0 Å². The molecule has 18 heavy (non-hydrogen) atoms. The van der Waals surface area contributed by atoms with E-state index in [2.05, 4.69) is 4.74 Å². The normalized spacial score (nSPS) is 11.3. The van der Waals surface area contributed by atoms with Crippen molar-refractivity contribution >= 4 is 21.9 Å². The zero-order chi connectivity index (χ0) is 14.2. The largest absolute Gasteiger partial charge is 0.482 e. The summed E-state index contributed by atoms with van der Waals surface area (Å²) in [5.41, 5.74) is 0. The van der Waals surface area contributed by atoms with Crippen LogP contribution in [0.4, 0.5) is 0 Å². The zero-order valence-corrected chi connectivity index (χ0v) is 11.2. The maximum Gasteiger partial charge on any atom is 0.330 e. The average molecular weight is 277 g/mol. The molecule has 0 atom stereocenters. The summed E-state index contributed by atoms with van der Waals surface area (Å²) in [5.74, 6) is 0.630. The number of hydrogen-bond donors (Lipinski definition) is 0. The van der Waals surface area contributed by atoms with Gasteiger partial charge in [-0.3, -0.25) is 0 Å². The molecular formula is C10H15NO6S. The molecular weight excluding hydrogens is 262 g/mol. The Hall–Kier alpha value is -1.63. The van der Waals surface area contributed by atoms with Crippen LogP contribution < -0.4 is 0 Å². The second-order valence-corrected chi connectivity index (χ2v) is 5.35. The van der Waals surface area contributed by atoms with E-state index in [0.717, 1.165) is 22.7 Å². The minimum Gasteiger partial charge on any atom is -0.482 e. The number of methoxy groups -OCH3 is 1. The van der Waals surface area contributed by atoms with Crippen molar-refractivity contribution in [2.75, 3.05) is 33.6 Å². The first-order chi connectivity index (χ1) is 8.31. The molecule has 0 radical (unpaired) electrons. The van der Waals surface area contributed by atoms with Gasteiger partial charge in [0.2, 0.25) is 15.8 Å². The third-order valence-electron chi connectivity index (χ3n) is 1.90. The number of carbonyl (C=O) groups excluding carboxylic acids is 2. The molecule has 0 aromatic rings. The van der Waals surface area contributed by atoms with Gasteiger partial charge >= 0.3 is 5.97 Å². The topological polar surface area (TPSA) is 90.0 Å². The number of carbonyl (C=O) groups is 1. The third-order valence-corrected chi connectivity index (χ3v) is 3.22. The van der Waals surface area contributed by atoms with Crippen LogP contribution in [0.5, 0.6) is 0 Å². The van der Waals surface area contributed by atoms with Crippen molar-refractivity contribution in [2.45, 2.75) is 0 Å². The van der Waals surface area contributed by atoms with E-state index in [0.29, 0.717) is 0 Å². The standard InChI is InChI=1S/C10H15NO6S/c1-11(18(3,14)15)6-7-17-9(8-12)4-5-10(13)16-2/h4-5H,6-7H2,1-3H3. The van der Waals surface area contributed by atoms with Crippen LogP contribution >= 0.6 is 0 Å². The Labute approximate surface area is 106 Å². The molecule has 0 amide bonds. The highest BCUT2D eigenvalue weighted by Crippen LogP contribution is 1.98. The number of allylic oxidation sites excluding steroid dienone is 1. The molecule has 0 N–H and O–H groups in total. The van der Waals surface area contributed by atoms with E-state index in [9.17, 15) is 18.0 Å². The Kier molecular flexibility index (Phi) is 6.96. The number of ether oxygens (including phenoxy) is 2. The molecule has 0 aliphatic heterocycles. The fourth-order valence-electron chi connectivity index (χ4n) is 0.773. The number of rotatable bonds is 7. The van der Waals surface area contributed by atoms with Crippen LogP contribution in [0.1, 0.15) is 0 Å². The van der Waals surface area contributed by atoms with Crippen LogP contribution in [0.15, 0.2) is 17.9 Å². The van der Waals surface area contributed by atoms with Gasteiger partial charge < -0.3 is 9.47 Å². The van der Waals surface area contributed by atoms with Crippen molar-refractivity contribution in [2.24, 2.45) is 0 Å². The third kappa shape index (κ3) is 6.85. The Morgan fingerprint density at radius 3 is 2.44 bits per heavy atom.